The van der Waals surface area contributed by atoms with Crippen LogP contribution in [0.2, 0.25) is 0 Å². The smallest absolute Gasteiger partial charge is 0.352 e. The maximum Gasteiger partial charge on any atom is 0.472 e. The number of hydrogen-bond acceptors (Lipinski definition) is 6. The van der Waals surface area contributed by atoms with Crippen molar-refractivity contribution in [1.82, 2.24) is 9.55 Å². The van der Waals surface area contributed by atoms with Crippen molar-refractivity contribution in [3.8, 4) is 0 Å². The van der Waals surface area contributed by atoms with Crippen molar-refractivity contribution in [2.75, 3.05) is 6.61 Å². The lowest BCUT2D eigenvalue weighted by molar-refractivity contribution is -0.0348. The third-order valence-corrected chi connectivity index (χ3v) is 5.17. The van der Waals surface area contributed by atoms with Crippen molar-refractivity contribution in [2.45, 2.75) is 32.3 Å². The van der Waals surface area contributed by atoms with Gasteiger partial charge < -0.3 is 9.63 Å². The predicted octanol–water partition coefficient (Wildman–Crippen LogP) is 1.79. The standard InChI is InChI=1S/C17H21N2O7P/c1-12-9-14(26-16(12)19-8-7-15(20)18-17(19)21)11-25-27(22,23)24-10-13-5-3-2-4-6-13/h2-8,12,14,16H,9-11H2,1H3,(H,22,23)(H,18,20,21). The first-order valence-electron chi connectivity index (χ1n) is 8.47. The van der Waals surface area contributed by atoms with Gasteiger partial charge in [0.1, 0.15) is 6.23 Å². The van der Waals surface area contributed by atoms with Crippen LogP contribution in [0.5, 0.6) is 0 Å². The summed E-state index contributed by atoms with van der Waals surface area (Å²) in [5.41, 5.74) is -0.308. The Labute approximate surface area is 155 Å². The second-order valence-electron chi connectivity index (χ2n) is 6.40. The number of ether oxygens (including phenoxy) is 1. The van der Waals surface area contributed by atoms with Gasteiger partial charge in [0.05, 0.1) is 19.3 Å². The quantitative estimate of drug-likeness (QED) is 0.685. The van der Waals surface area contributed by atoms with E-state index in [0.717, 1.165) is 5.56 Å². The van der Waals surface area contributed by atoms with Gasteiger partial charge in [0, 0.05) is 18.2 Å². The summed E-state index contributed by atoms with van der Waals surface area (Å²) < 4.78 is 29.1. The van der Waals surface area contributed by atoms with Crippen LogP contribution in [-0.4, -0.2) is 27.2 Å². The van der Waals surface area contributed by atoms with E-state index in [0.29, 0.717) is 6.42 Å². The number of H-pyrrole nitrogens is 1. The Morgan fingerprint density at radius 3 is 2.70 bits per heavy atom. The van der Waals surface area contributed by atoms with Crippen LogP contribution in [0.1, 0.15) is 25.1 Å². The van der Waals surface area contributed by atoms with E-state index in [1.165, 1.54) is 16.8 Å². The molecule has 2 aromatic rings. The van der Waals surface area contributed by atoms with Gasteiger partial charge in [-0.3, -0.25) is 23.4 Å². The van der Waals surface area contributed by atoms with E-state index in [1.54, 1.807) is 24.3 Å². The molecule has 0 amide bonds. The van der Waals surface area contributed by atoms with Gasteiger partial charge in [-0.25, -0.2) is 9.36 Å². The van der Waals surface area contributed by atoms with E-state index in [9.17, 15) is 19.0 Å². The number of rotatable bonds is 7. The maximum atomic E-state index is 12.0. The molecule has 1 aromatic heterocycles. The topological polar surface area (TPSA) is 120 Å². The van der Waals surface area contributed by atoms with E-state index in [1.807, 2.05) is 13.0 Å². The second-order valence-corrected chi connectivity index (χ2v) is 7.86. The van der Waals surface area contributed by atoms with Gasteiger partial charge in [-0.15, -0.1) is 0 Å². The van der Waals surface area contributed by atoms with E-state index < -0.39 is 31.4 Å². The zero-order valence-electron chi connectivity index (χ0n) is 14.7. The molecule has 1 fully saturated rings. The fraction of sp³-hybridized carbons (Fsp3) is 0.412. The molecule has 0 saturated carbocycles. The second kappa shape index (κ2) is 8.33. The largest absolute Gasteiger partial charge is 0.472 e. The van der Waals surface area contributed by atoms with Crippen molar-refractivity contribution >= 4 is 7.82 Å². The fourth-order valence-electron chi connectivity index (χ4n) is 2.94. The van der Waals surface area contributed by atoms with E-state index in [2.05, 4.69) is 4.98 Å². The first kappa shape index (κ1) is 19.7. The number of nitrogens with zero attached hydrogens (tertiary/aromatic N) is 1. The molecule has 0 bridgehead atoms. The molecule has 1 aliphatic rings. The van der Waals surface area contributed by atoms with Gasteiger partial charge in [0.25, 0.3) is 5.56 Å². The van der Waals surface area contributed by atoms with Crippen molar-refractivity contribution in [3.05, 3.63) is 69.0 Å². The van der Waals surface area contributed by atoms with Crippen LogP contribution in [0, 0.1) is 5.92 Å². The highest BCUT2D eigenvalue weighted by atomic mass is 31.2. The molecule has 2 heterocycles. The average molecular weight is 396 g/mol. The van der Waals surface area contributed by atoms with E-state index in [4.69, 9.17) is 13.8 Å². The third-order valence-electron chi connectivity index (χ3n) is 4.24. The molecule has 4 atom stereocenters. The van der Waals surface area contributed by atoms with Crippen molar-refractivity contribution < 1.29 is 23.2 Å². The predicted molar refractivity (Wildman–Crippen MR) is 96.0 cm³/mol. The number of hydrogen-bond donors (Lipinski definition) is 2. The molecule has 146 valence electrons. The van der Waals surface area contributed by atoms with Gasteiger partial charge in [-0.05, 0) is 12.0 Å². The molecular weight excluding hydrogens is 375 g/mol. The molecule has 0 radical (unpaired) electrons. The summed E-state index contributed by atoms with van der Waals surface area (Å²) in [7, 11) is -4.23. The summed E-state index contributed by atoms with van der Waals surface area (Å²) in [6.45, 7) is 1.68. The summed E-state index contributed by atoms with van der Waals surface area (Å²) >= 11 is 0. The molecule has 27 heavy (non-hydrogen) atoms. The highest BCUT2D eigenvalue weighted by Gasteiger charge is 2.35. The van der Waals surface area contributed by atoms with Crippen LogP contribution in [0.15, 0.2) is 52.2 Å². The summed E-state index contributed by atoms with van der Waals surface area (Å²) in [4.78, 5) is 35.1. The van der Waals surface area contributed by atoms with Crippen LogP contribution in [0.4, 0.5) is 0 Å². The molecule has 3 rings (SSSR count). The molecule has 1 saturated heterocycles. The Bertz CT molecular complexity index is 927. The SMILES string of the molecule is CC1CC(COP(=O)(O)OCc2ccccc2)OC1n1ccc(=O)[nH]c1=O. The van der Waals surface area contributed by atoms with Crippen LogP contribution in [0.25, 0.3) is 0 Å². The van der Waals surface area contributed by atoms with Crippen LogP contribution >= 0.6 is 7.82 Å². The zero-order chi connectivity index (χ0) is 19.4. The highest BCUT2D eigenvalue weighted by molar-refractivity contribution is 7.47. The maximum absolute atomic E-state index is 12.0. The first-order chi connectivity index (χ1) is 12.8. The average Bonchev–Trinajstić information content (AvgIpc) is 3.00. The highest BCUT2D eigenvalue weighted by Crippen LogP contribution is 2.45. The van der Waals surface area contributed by atoms with Gasteiger partial charge in [0.2, 0.25) is 0 Å². The minimum Gasteiger partial charge on any atom is -0.352 e. The first-order valence-corrected chi connectivity index (χ1v) is 9.96. The van der Waals surface area contributed by atoms with Crippen LogP contribution in [-0.2, 0) is 25.0 Å². The molecule has 9 nitrogen and oxygen atoms in total. The fourth-order valence-corrected chi connectivity index (χ4v) is 3.68. The number of benzene rings is 1. The number of aromatic amines is 1. The molecule has 0 aliphatic carbocycles. The summed E-state index contributed by atoms with van der Waals surface area (Å²) in [6.07, 6.45) is 0.816. The lowest BCUT2D eigenvalue weighted by Gasteiger charge is -2.18. The van der Waals surface area contributed by atoms with Crippen molar-refractivity contribution in [2.24, 2.45) is 5.92 Å². The third kappa shape index (κ3) is 5.24. The molecule has 0 spiro atoms. The molecule has 1 aliphatic heterocycles. The Balaban J connectivity index is 1.55. The minimum absolute atomic E-state index is 0.0497. The zero-order valence-corrected chi connectivity index (χ0v) is 15.6. The molecule has 1 aromatic carbocycles. The number of nitrogens with one attached hydrogen (secondary N) is 1. The minimum atomic E-state index is -4.23. The number of phosphoric acid groups is 1. The van der Waals surface area contributed by atoms with Crippen molar-refractivity contribution in [3.63, 3.8) is 0 Å². The van der Waals surface area contributed by atoms with Crippen LogP contribution in [0.3, 0.4) is 0 Å². The van der Waals surface area contributed by atoms with Gasteiger partial charge in [-0.2, -0.15) is 0 Å². The van der Waals surface area contributed by atoms with Crippen LogP contribution < -0.4 is 11.2 Å². The van der Waals surface area contributed by atoms with Gasteiger partial charge >= 0.3 is 13.5 Å². The Kier molecular flexibility index (Phi) is 6.08. The number of aromatic nitrogens is 2. The van der Waals surface area contributed by atoms with E-state index in [-0.39, 0.29) is 19.1 Å². The molecule has 2 N–H and O–H groups in total. The van der Waals surface area contributed by atoms with Gasteiger partial charge in [-0.1, -0.05) is 37.3 Å². The van der Waals surface area contributed by atoms with E-state index >= 15 is 0 Å². The summed E-state index contributed by atoms with van der Waals surface area (Å²) in [5.74, 6) is -0.0504. The molecular formula is C17H21N2O7P. The number of phosphoric ester groups is 1. The van der Waals surface area contributed by atoms with Crippen molar-refractivity contribution in [1.29, 1.82) is 0 Å². The Morgan fingerprint density at radius 1 is 1.26 bits per heavy atom. The lowest BCUT2D eigenvalue weighted by atomic mass is 10.1. The Morgan fingerprint density at radius 2 is 2.00 bits per heavy atom. The lowest BCUT2D eigenvalue weighted by Crippen LogP contribution is -2.33. The molecule has 4 unspecified atom stereocenters. The normalized spacial score (nSPS) is 24.6. The monoisotopic (exact) mass is 396 g/mol. The summed E-state index contributed by atoms with van der Waals surface area (Å²) in [5, 5.41) is 0. The van der Waals surface area contributed by atoms with Gasteiger partial charge in [0.15, 0.2) is 0 Å². The Hall–Kier alpha value is -2.03. The molecule has 10 heteroatoms. The summed E-state index contributed by atoms with van der Waals surface area (Å²) in [6, 6.07) is 10.2.